The lowest BCUT2D eigenvalue weighted by molar-refractivity contribution is -0.268. The summed E-state index contributed by atoms with van der Waals surface area (Å²) < 4.78 is 74.4. The number of likely N-dealkylation sites (N-methyl/N-ethyl adjacent to an activating group) is 1. The fraction of sp³-hybridized carbons (Fsp3) is 0.419. The van der Waals surface area contributed by atoms with Gasteiger partial charge in [-0.3, -0.25) is 19.2 Å². The van der Waals surface area contributed by atoms with Gasteiger partial charge < -0.3 is 15.1 Å². The Morgan fingerprint density at radius 2 is 1.80 bits per heavy atom. The zero-order chi connectivity index (χ0) is 32.5. The van der Waals surface area contributed by atoms with Gasteiger partial charge in [-0.15, -0.1) is 0 Å². The molecule has 3 heterocycles. The first-order valence-corrected chi connectivity index (χ1v) is 14.4. The topological polar surface area (TPSA) is 90.8 Å². The van der Waals surface area contributed by atoms with Crippen molar-refractivity contribution >= 4 is 17.8 Å². The van der Waals surface area contributed by atoms with Crippen LogP contribution in [0.4, 0.5) is 26.7 Å². The monoisotopic (exact) mass is 630 g/mol. The highest BCUT2D eigenvalue weighted by molar-refractivity contribution is 6.10. The molecule has 2 atom stereocenters. The fourth-order valence-electron chi connectivity index (χ4n) is 6.56. The lowest BCUT2D eigenvalue weighted by Crippen LogP contribution is -2.77. The smallest absolute Gasteiger partial charge is 0.320 e. The van der Waals surface area contributed by atoms with E-state index in [0.717, 1.165) is 17.7 Å². The van der Waals surface area contributed by atoms with Gasteiger partial charge in [0.1, 0.15) is 24.1 Å². The Morgan fingerprint density at radius 3 is 2.40 bits per heavy atom. The molecule has 0 unspecified atom stereocenters. The van der Waals surface area contributed by atoms with E-state index in [1.165, 1.54) is 24.1 Å². The van der Waals surface area contributed by atoms with Crippen LogP contribution in [0, 0.1) is 5.82 Å². The van der Waals surface area contributed by atoms with E-state index in [2.05, 4.69) is 10.4 Å². The van der Waals surface area contributed by atoms with Crippen LogP contribution in [-0.2, 0) is 21.7 Å². The number of carbonyl (C=O) groups excluding carboxylic acids is 3. The largest absolute Gasteiger partial charge is 0.414 e. The van der Waals surface area contributed by atoms with Crippen molar-refractivity contribution in [1.29, 1.82) is 0 Å². The number of alkyl halides is 4. The summed E-state index contributed by atoms with van der Waals surface area (Å²) in [5.74, 6) is -2.65. The van der Waals surface area contributed by atoms with Crippen LogP contribution in [0.3, 0.4) is 0 Å². The summed E-state index contributed by atoms with van der Waals surface area (Å²) in [6, 6.07) is 8.58. The van der Waals surface area contributed by atoms with Crippen LogP contribution in [0.2, 0.25) is 0 Å². The predicted octanol–water partition coefficient (Wildman–Crippen LogP) is 4.71. The molecule has 1 aromatic heterocycles. The van der Waals surface area contributed by atoms with Gasteiger partial charge in [0.2, 0.25) is 5.91 Å². The molecule has 238 valence electrons. The van der Waals surface area contributed by atoms with Crippen LogP contribution >= 0.6 is 0 Å². The van der Waals surface area contributed by atoms with Crippen molar-refractivity contribution in [3.63, 3.8) is 0 Å². The van der Waals surface area contributed by atoms with E-state index in [0.29, 0.717) is 15.4 Å². The Kier molecular flexibility index (Phi) is 7.26. The molecule has 0 radical (unpaired) electrons. The average molecular weight is 631 g/mol. The van der Waals surface area contributed by atoms with Gasteiger partial charge >= 0.3 is 12.2 Å². The number of aromatic nitrogens is 2. The highest BCUT2D eigenvalue weighted by Gasteiger charge is 2.66. The van der Waals surface area contributed by atoms with E-state index < -0.39 is 79.7 Å². The van der Waals surface area contributed by atoms with E-state index in [1.54, 1.807) is 29.1 Å². The number of imide groups is 1. The standard InChI is InChI=1S/C31H31F5N6O3/c1-18(2)42-14-21(12-37-42)20-6-9-24-23(10-20)25(33)11-30(24)27(44)40(28(45)38-30)15-26(43)41(13-19-4-7-22(32)8-5-19)29(31(34,35)36)16-39(3)17-29/h4-10,12,14,18,25H,11,13,15-17H2,1-3H3,(H,38,45)/t25-,30+/m1/s1. The van der Waals surface area contributed by atoms with Gasteiger partial charge in [0, 0.05) is 43.9 Å². The minimum Gasteiger partial charge on any atom is -0.320 e. The maximum Gasteiger partial charge on any atom is 0.414 e. The Hall–Kier alpha value is -4.33. The van der Waals surface area contributed by atoms with Crippen molar-refractivity contribution in [2.75, 3.05) is 26.7 Å². The van der Waals surface area contributed by atoms with E-state index in [9.17, 15) is 31.9 Å². The number of amides is 4. The third-order valence-electron chi connectivity index (χ3n) is 8.93. The summed E-state index contributed by atoms with van der Waals surface area (Å²) in [6.45, 7) is 1.34. The first kappa shape index (κ1) is 30.7. The molecule has 1 spiro atoms. The second-order valence-electron chi connectivity index (χ2n) is 12.3. The van der Waals surface area contributed by atoms with Crippen molar-refractivity contribution < 1.29 is 36.3 Å². The Bertz CT molecular complexity index is 1670. The average Bonchev–Trinajstić information content (AvgIpc) is 3.62. The number of nitrogens with zero attached hydrogens (tertiary/aromatic N) is 5. The van der Waals surface area contributed by atoms with E-state index in [4.69, 9.17) is 0 Å². The predicted molar refractivity (Wildman–Crippen MR) is 152 cm³/mol. The maximum absolute atomic E-state index is 15.5. The molecule has 2 aliphatic heterocycles. The van der Waals surface area contributed by atoms with Crippen molar-refractivity contribution in [3.8, 4) is 11.1 Å². The minimum atomic E-state index is -4.84. The van der Waals surface area contributed by atoms with Crippen molar-refractivity contribution in [1.82, 2.24) is 29.8 Å². The third-order valence-corrected chi connectivity index (χ3v) is 8.93. The number of urea groups is 1. The number of benzene rings is 2. The summed E-state index contributed by atoms with van der Waals surface area (Å²) in [7, 11) is 1.47. The summed E-state index contributed by atoms with van der Waals surface area (Å²) in [5, 5.41) is 6.84. The molecule has 3 aromatic rings. The van der Waals surface area contributed by atoms with Crippen molar-refractivity contribution in [2.45, 2.75) is 56.3 Å². The first-order valence-electron chi connectivity index (χ1n) is 14.4. The molecule has 45 heavy (non-hydrogen) atoms. The highest BCUT2D eigenvalue weighted by Crippen LogP contribution is 2.50. The Morgan fingerprint density at radius 1 is 1.11 bits per heavy atom. The normalized spacial score (nSPS) is 22.6. The number of halogens is 5. The number of hydrogen-bond acceptors (Lipinski definition) is 5. The molecule has 2 saturated heterocycles. The molecule has 9 nitrogen and oxygen atoms in total. The second-order valence-corrected chi connectivity index (χ2v) is 12.3. The number of fused-ring (bicyclic) bond motifs is 2. The van der Waals surface area contributed by atoms with Gasteiger partial charge in [0.25, 0.3) is 5.91 Å². The molecule has 6 rings (SSSR count). The van der Waals surface area contributed by atoms with Gasteiger partial charge in [0.15, 0.2) is 5.54 Å². The van der Waals surface area contributed by atoms with E-state index >= 15 is 4.39 Å². The third kappa shape index (κ3) is 4.95. The van der Waals surface area contributed by atoms with Crippen LogP contribution in [0.25, 0.3) is 11.1 Å². The summed E-state index contributed by atoms with van der Waals surface area (Å²) >= 11 is 0. The van der Waals surface area contributed by atoms with Crippen LogP contribution in [0.15, 0.2) is 54.9 Å². The molecule has 1 aliphatic carbocycles. The summed E-state index contributed by atoms with van der Waals surface area (Å²) in [5.41, 5.74) is -2.37. The van der Waals surface area contributed by atoms with Gasteiger partial charge in [0.05, 0.1) is 6.20 Å². The number of carbonyl (C=O) groups is 3. The van der Waals surface area contributed by atoms with Gasteiger partial charge in [-0.2, -0.15) is 18.3 Å². The molecule has 4 amide bonds. The maximum atomic E-state index is 15.5. The van der Waals surface area contributed by atoms with Crippen LogP contribution in [0.1, 0.15) is 49.2 Å². The lowest BCUT2D eigenvalue weighted by Gasteiger charge is -2.55. The van der Waals surface area contributed by atoms with Crippen molar-refractivity contribution in [3.05, 3.63) is 77.4 Å². The molecule has 2 aromatic carbocycles. The quantitative estimate of drug-likeness (QED) is 0.302. The molecule has 1 N–H and O–H groups in total. The van der Waals surface area contributed by atoms with Gasteiger partial charge in [-0.25, -0.2) is 13.6 Å². The summed E-state index contributed by atoms with van der Waals surface area (Å²) in [4.78, 5) is 43.3. The zero-order valence-corrected chi connectivity index (χ0v) is 24.7. The summed E-state index contributed by atoms with van der Waals surface area (Å²) in [6.07, 6.45) is -3.45. The van der Waals surface area contributed by atoms with Crippen LogP contribution < -0.4 is 5.32 Å². The molecular formula is C31H31F5N6O3. The number of likely N-dealkylation sites (tertiary alicyclic amines) is 1. The SMILES string of the molecule is CC(C)n1cc(-c2ccc3c(c2)[C@H](F)C[C@]32NC(=O)N(CC(=O)N(Cc3ccc(F)cc3)C3(C(F)(F)F)CN(C)C3)C2=O)cn1. The number of rotatable bonds is 7. The van der Waals surface area contributed by atoms with Crippen molar-refractivity contribution in [2.24, 2.45) is 0 Å². The molecule has 0 bridgehead atoms. The number of nitrogens with one attached hydrogen (secondary N) is 1. The van der Waals surface area contributed by atoms with Crippen LogP contribution in [0.5, 0.6) is 0 Å². The minimum absolute atomic E-state index is 0.105. The molecule has 2 fully saturated rings. The molecule has 14 heteroatoms. The fourth-order valence-corrected chi connectivity index (χ4v) is 6.56. The van der Waals surface area contributed by atoms with E-state index in [-0.39, 0.29) is 22.7 Å². The molecule has 3 aliphatic rings. The van der Waals surface area contributed by atoms with E-state index in [1.807, 2.05) is 20.0 Å². The Labute approximate surface area is 255 Å². The van der Waals surface area contributed by atoms with Gasteiger partial charge in [-0.05, 0) is 61.3 Å². The number of hydrogen-bond donors (Lipinski definition) is 1. The zero-order valence-electron chi connectivity index (χ0n) is 24.7. The van der Waals surface area contributed by atoms with Crippen LogP contribution in [-0.4, -0.2) is 80.7 Å². The lowest BCUT2D eigenvalue weighted by atomic mass is 9.86. The second kappa shape index (κ2) is 10.6. The Balaban J connectivity index is 1.29. The first-order chi connectivity index (χ1) is 21.1. The molecular weight excluding hydrogens is 599 g/mol. The highest BCUT2D eigenvalue weighted by atomic mass is 19.4. The molecule has 0 saturated carbocycles. The van der Waals surface area contributed by atoms with Gasteiger partial charge in [-0.1, -0.05) is 24.3 Å².